The minimum absolute atomic E-state index is 0.00125. The van der Waals surface area contributed by atoms with E-state index < -0.39 is 17.9 Å². The van der Waals surface area contributed by atoms with Crippen LogP contribution >= 0.6 is 0 Å². The first-order chi connectivity index (χ1) is 13.5. The highest BCUT2D eigenvalue weighted by Gasteiger charge is 2.35. The summed E-state index contributed by atoms with van der Waals surface area (Å²) in [6, 6.07) is 5.86. The maximum Gasteiger partial charge on any atom is 0.308 e. The lowest BCUT2D eigenvalue weighted by atomic mass is 10.0. The predicted molar refractivity (Wildman–Crippen MR) is 105 cm³/mol. The molecule has 0 saturated heterocycles. The van der Waals surface area contributed by atoms with Crippen LogP contribution in [0.3, 0.4) is 0 Å². The number of aliphatic hydroxyl groups is 1. The number of carboxylic acid groups (broad SMARTS) is 1. The molecule has 0 aromatic heterocycles. The predicted octanol–water partition coefficient (Wildman–Crippen LogP) is 1.88. The van der Waals surface area contributed by atoms with Gasteiger partial charge in [0.1, 0.15) is 6.04 Å². The van der Waals surface area contributed by atoms with Gasteiger partial charge in [0.2, 0.25) is 5.91 Å². The SMILES string of the molecule is CCCC[C@H](NC(=O)c1cccc(CCO)c1)C(=O)N[C@H]1CCC[C@H]1C(=O)O. The number of carbonyl (C=O) groups excluding carboxylic acids is 2. The van der Waals surface area contributed by atoms with Crippen LogP contribution in [0.5, 0.6) is 0 Å². The van der Waals surface area contributed by atoms with Crippen LogP contribution in [0, 0.1) is 5.92 Å². The zero-order valence-electron chi connectivity index (χ0n) is 16.3. The zero-order chi connectivity index (χ0) is 20.5. The van der Waals surface area contributed by atoms with Crippen molar-refractivity contribution in [3.05, 3.63) is 35.4 Å². The van der Waals surface area contributed by atoms with Crippen molar-refractivity contribution in [3.63, 3.8) is 0 Å². The fourth-order valence-corrected chi connectivity index (χ4v) is 3.63. The van der Waals surface area contributed by atoms with Gasteiger partial charge in [-0.1, -0.05) is 38.3 Å². The Bertz CT molecular complexity index is 691. The van der Waals surface area contributed by atoms with Crippen molar-refractivity contribution < 1.29 is 24.6 Å². The third kappa shape index (κ3) is 6.05. The number of amides is 2. The van der Waals surface area contributed by atoms with Gasteiger partial charge in [-0.15, -0.1) is 0 Å². The molecule has 1 fully saturated rings. The molecule has 1 aromatic carbocycles. The smallest absolute Gasteiger partial charge is 0.308 e. The van der Waals surface area contributed by atoms with Gasteiger partial charge in [-0.05, 0) is 43.4 Å². The second kappa shape index (κ2) is 10.8. The van der Waals surface area contributed by atoms with Crippen molar-refractivity contribution in [2.45, 2.75) is 64.0 Å². The van der Waals surface area contributed by atoms with Gasteiger partial charge < -0.3 is 20.8 Å². The van der Waals surface area contributed by atoms with E-state index in [1.807, 2.05) is 13.0 Å². The number of nitrogens with one attached hydrogen (secondary N) is 2. The topological polar surface area (TPSA) is 116 Å². The monoisotopic (exact) mass is 390 g/mol. The molecule has 4 N–H and O–H groups in total. The van der Waals surface area contributed by atoms with Gasteiger partial charge in [0.25, 0.3) is 5.91 Å². The van der Waals surface area contributed by atoms with Gasteiger partial charge in [0.05, 0.1) is 5.92 Å². The normalized spacial score (nSPS) is 19.8. The fourth-order valence-electron chi connectivity index (χ4n) is 3.63. The standard InChI is InChI=1S/C21H30N2O5/c1-2-3-9-18(20(26)22-17-10-5-8-16(17)21(27)28)23-19(25)15-7-4-6-14(13-15)11-12-24/h4,6-7,13,16-18,24H,2-3,5,8-12H2,1H3,(H,22,26)(H,23,25)(H,27,28)/t16-,17+,18+/m1/s1. The van der Waals surface area contributed by atoms with Crippen LogP contribution in [0.25, 0.3) is 0 Å². The molecular formula is C21H30N2O5. The van der Waals surface area contributed by atoms with E-state index in [0.29, 0.717) is 31.2 Å². The minimum atomic E-state index is -0.891. The lowest BCUT2D eigenvalue weighted by Gasteiger charge is -2.23. The number of aliphatic carboxylic acids is 1. The number of carbonyl (C=O) groups is 3. The van der Waals surface area contributed by atoms with Gasteiger partial charge >= 0.3 is 5.97 Å². The number of hydrogen-bond donors (Lipinski definition) is 4. The Morgan fingerprint density at radius 3 is 2.71 bits per heavy atom. The Morgan fingerprint density at radius 2 is 2.04 bits per heavy atom. The average molecular weight is 390 g/mol. The number of hydrogen-bond acceptors (Lipinski definition) is 4. The largest absolute Gasteiger partial charge is 0.481 e. The summed E-state index contributed by atoms with van der Waals surface area (Å²) in [5.41, 5.74) is 1.28. The van der Waals surface area contributed by atoms with Crippen LogP contribution in [0.1, 0.15) is 61.4 Å². The second-order valence-corrected chi connectivity index (χ2v) is 7.33. The Balaban J connectivity index is 2.05. The first-order valence-corrected chi connectivity index (χ1v) is 10.00. The molecule has 2 rings (SSSR count). The van der Waals surface area contributed by atoms with Crippen molar-refractivity contribution in [3.8, 4) is 0 Å². The van der Waals surface area contributed by atoms with Gasteiger partial charge in [-0.2, -0.15) is 0 Å². The molecule has 0 heterocycles. The van der Waals surface area contributed by atoms with E-state index >= 15 is 0 Å². The molecule has 1 saturated carbocycles. The molecule has 7 nitrogen and oxygen atoms in total. The van der Waals surface area contributed by atoms with E-state index in [0.717, 1.165) is 24.8 Å². The molecule has 154 valence electrons. The number of unbranched alkanes of at least 4 members (excludes halogenated alkanes) is 1. The third-order valence-corrected chi connectivity index (χ3v) is 5.22. The van der Waals surface area contributed by atoms with E-state index in [9.17, 15) is 19.5 Å². The van der Waals surface area contributed by atoms with E-state index in [4.69, 9.17) is 5.11 Å². The van der Waals surface area contributed by atoms with Gasteiger partial charge in [-0.3, -0.25) is 14.4 Å². The Kier molecular flexibility index (Phi) is 8.44. The molecule has 0 bridgehead atoms. The minimum Gasteiger partial charge on any atom is -0.481 e. The second-order valence-electron chi connectivity index (χ2n) is 7.33. The number of benzene rings is 1. The Labute approximate surface area is 165 Å². The molecule has 1 aromatic rings. The zero-order valence-corrected chi connectivity index (χ0v) is 16.3. The molecule has 7 heteroatoms. The summed E-state index contributed by atoms with van der Waals surface area (Å²) in [5, 5.41) is 24.0. The Morgan fingerprint density at radius 1 is 1.25 bits per heavy atom. The van der Waals surface area contributed by atoms with Crippen molar-refractivity contribution in [1.82, 2.24) is 10.6 Å². The quantitative estimate of drug-likeness (QED) is 0.487. The lowest BCUT2D eigenvalue weighted by molar-refractivity contribution is -0.142. The highest BCUT2D eigenvalue weighted by atomic mass is 16.4. The number of rotatable bonds is 10. The van der Waals surface area contributed by atoms with Crippen LogP contribution in [0.15, 0.2) is 24.3 Å². The third-order valence-electron chi connectivity index (χ3n) is 5.22. The van der Waals surface area contributed by atoms with E-state index in [-0.39, 0.29) is 24.5 Å². The van der Waals surface area contributed by atoms with Crippen LogP contribution in [-0.2, 0) is 16.0 Å². The van der Waals surface area contributed by atoms with Gasteiger partial charge in [-0.25, -0.2) is 0 Å². The first kappa shape index (κ1) is 21.9. The highest BCUT2D eigenvalue weighted by molar-refractivity contribution is 5.97. The lowest BCUT2D eigenvalue weighted by Crippen LogP contribution is -2.51. The van der Waals surface area contributed by atoms with Crippen LogP contribution in [0.4, 0.5) is 0 Å². The maximum absolute atomic E-state index is 12.8. The fraction of sp³-hybridized carbons (Fsp3) is 0.571. The van der Waals surface area contributed by atoms with E-state index in [1.165, 1.54) is 0 Å². The number of aliphatic hydroxyl groups excluding tert-OH is 1. The number of carboxylic acids is 1. The molecule has 3 atom stereocenters. The van der Waals surface area contributed by atoms with E-state index in [1.54, 1.807) is 18.2 Å². The summed E-state index contributed by atoms with van der Waals surface area (Å²) in [7, 11) is 0. The molecule has 0 radical (unpaired) electrons. The molecule has 1 aliphatic rings. The van der Waals surface area contributed by atoms with Crippen molar-refractivity contribution in [1.29, 1.82) is 0 Å². The van der Waals surface area contributed by atoms with Crippen LogP contribution < -0.4 is 10.6 Å². The summed E-state index contributed by atoms with van der Waals surface area (Å²) in [6.45, 7) is 2.01. The maximum atomic E-state index is 12.8. The van der Waals surface area contributed by atoms with Crippen LogP contribution in [0.2, 0.25) is 0 Å². The molecular weight excluding hydrogens is 360 g/mol. The summed E-state index contributed by atoms with van der Waals surface area (Å²) in [6.07, 6.45) is 4.58. The molecule has 2 amide bonds. The molecule has 0 spiro atoms. The molecule has 1 aliphatic carbocycles. The molecule has 0 aliphatic heterocycles. The average Bonchev–Trinajstić information content (AvgIpc) is 3.13. The van der Waals surface area contributed by atoms with Crippen molar-refractivity contribution in [2.75, 3.05) is 6.61 Å². The van der Waals surface area contributed by atoms with E-state index in [2.05, 4.69) is 10.6 Å². The highest BCUT2D eigenvalue weighted by Crippen LogP contribution is 2.26. The van der Waals surface area contributed by atoms with Crippen LogP contribution in [-0.4, -0.2) is 46.7 Å². The Hall–Kier alpha value is -2.41. The molecule has 0 unspecified atom stereocenters. The molecule has 28 heavy (non-hydrogen) atoms. The van der Waals surface area contributed by atoms with Crippen molar-refractivity contribution in [2.24, 2.45) is 5.92 Å². The first-order valence-electron chi connectivity index (χ1n) is 10.00. The summed E-state index contributed by atoms with van der Waals surface area (Å²) >= 11 is 0. The summed E-state index contributed by atoms with van der Waals surface area (Å²) < 4.78 is 0. The summed E-state index contributed by atoms with van der Waals surface area (Å²) in [4.78, 5) is 36.7. The van der Waals surface area contributed by atoms with Gasteiger partial charge in [0.15, 0.2) is 0 Å². The van der Waals surface area contributed by atoms with Gasteiger partial charge in [0, 0.05) is 18.2 Å². The summed E-state index contributed by atoms with van der Waals surface area (Å²) in [5.74, 6) is -2.14. The van der Waals surface area contributed by atoms with Crippen molar-refractivity contribution >= 4 is 17.8 Å².